The van der Waals surface area contributed by atoms with Crippen molar-refractivity contribution in [2.24, 2.45) is 7.05 Å². The predicted molar refractivity (Wildman–Crippen MR) is 90.5 cm³/mol. The monoisotopic (exact) mass is 313 g/mol. The summed E-state index contributed by atoms with van der Waals surface area (Å²) in [6.45, 7) is 1.30. The van der Waals surface area contributed by atoms with Crippen molar-refractivity contribution < 1.29 is 9.59 Å². The smallest absolute Gasteiger partial charge is 0.295 e. The van der Waals surface area contributed by atoms with Gasteiger partial charge in [-0.1, -0.05) is 18.2 Å². The fraction of sp³-hybridized carbons (Fsp3) is 0.444. The first-order valence-electron chi connectivity index (χ1n) is 8.03. The SMILES string of the molecule is CN(C)C1CCN(C(=O)C(=O)c2cn(C)c3ccccc23)CC1. The third kappa shape index (κ3) is 2.88. The van der Waals surface area contributed by atoms with Gasteiger partial charge in [0.2, 0.25) is 0 Å². The van der Waals surface area contributed by atoms with Gasteiger partial charge < -0.3 is 14.4 Å². The molecule has 2 aromatic rings. The molecule has 5 nitrogen and oxygen atoms in total. The first-order chi connectivity index (χ1) is 11.0. The van der Waals surface area contributed by atoms with E-state index in [4.69, 9.17) is 0 Å². The minimum absolute atomic E-state index is 0.376. The summed E-state index contributed by atoms with van der Waals surface area (Å²) in [6, 6.07) is 8.18. The van der Waals surface area contributed by atoms with Crippen molar-refractivity contribution in [3.8, 4) is 0 Å². The van der Waals surface area contributed by atoms with E-state index in [0.29, 0.717) is 24.7 Å². The van der Waals surface area contributed by atoms with E-state index in [1.807, 2.05) is 35.9 Å². The van der Waals surface area contributed by atoms with Gasteiger partial charge in [-0.2, -0.15) is 0 Å². The lowest BCUT2D eigenvalue weighted by atomic mass is 10.0. The van der Waals surface area contributed by atoms with E-state index in [1.165, 1.54) is 0 Å². The number of amides is 1. The number of nitrogens with zero attached hydrogens (tertiary/aromatic N) is 3. The van der Waals surface area contributed by atoms with Gasteiger partial charge in [0.05, 0.1) is 5.56 Å². The molecule has 1 amide bonds. The topological polar surface area (TPSA) is 45.6 Å². The molecular weight excluding hydrogens is 290 g/mol. The van der Waals surface area contributed by atoms with E-state index in [-0.39, 0.29) is 5.91 Å². The lowest BCUT2D eigenvalue weighted by Gasteiger charge is -2.34. The van der Waals surface area contributed by atoms with Crippen LogP contribution in [0.4, 0.5) is 0 Å². The molecule has 0 saturated carbocycles. The average Bonchev–Trinajstić information content (AvgIpc) is 2.91. The van der Waals surface area contributed by atoms with Crippen LogP contribution in [0.5, 0.6) is 0 Å². The molecule has 1 fully saturated rings. The number of likely N-dealkylation sites (tertiary alicyclic amines) is 1. The first-order valence-corrected chi connectivity index (χ1v) is 8.03. The highest BCUT2D eigenvalue weighted by Gasteiger charge is 2.29. The summed E-state index contributed by atoms with van der Waals surface area (Å²) < 4.78 is 1.90. The number of aromatic nitrogens is 1. The third-order valence-electron chi connectivity index (χ3n) is 4.82. The molecule has 0 unspecified atom stereocenters. The molecule has 23 heavy (non-hydrogen) atoms. The quantitative estimate of drug-likeness (QED) is 0.642. The first kappa shape index (κ1) is 15.7. The van der Waals surface area contributed by atoms with Gasteiger partial charge in [-0.25, -0.2) is 0 Å². The fourth-order valence-electron chi connectivity index (χ4n) is 3.37. The minimum atomic E-state index is -0.398. The number of carbonyl (C=O) groups is 2. The summed E-state index contributed by atoms with van der Waals surface area (Å²) >= 11 is 0. The van der Waals surface area contributed by atoms with E-state index < -0.39 is 5.78 Å². The van der Waals surface area contributed by atoms with Crippen LogP contribution in [0.2, 0.25) is 0 Å². The van der Waals surface area contributed by atoms with Crippen LogP contribution in [0, 0.1) is 0 Å². The van der Waals surface area contributed by atoms with Gasteiger partial charge in [0, 0.05) is 43.3 Å². The molecule has 0 spiro atoms. The molecule has 0 N–H and O–H groups in total. The summed E-state index contributed by atoms with van der Waals surface area (Å²) in [6.07, 6.45) is 3.60. The Balaban J connectivity index is 1.79. The molecule has 5 heteroatoms. The summed E-state index contributed by atoms with van der Waals surface area (Å²) in [5.41, 5.74) is 1.47. The zero-order chi connectivity index (χ0) is 16.6. The average molecular weight is 313 g/mol. The van der Waals surface area contributed by atoms with Crippen molar-refractivity contribution in [2.45, 2.75) is 18.9 Å². The fourth-order valence-corrected chi connectivity index (χ4v) is 3.37. The number of benzene rings is 1. The van der Waals surface area contributed by atoms with Crippen LogP contribution in [0.3, 0.4) is 0 Å². The number of piperidine rings is 1. The van der Waals surface area contributed by atoms with E-state index in [1.54, 1.807) is 11.1 Å². The molecule has 0 atom stereocenters. The van der Waals surface area contributed by atoms with Crippen molar-refractivity contribution in [1.82, 2.24) is 14.4 Å². The van der Waals surface area contributed by atoms with E-state index in [2.05, 4.69) is 19.0 Å². The summed E-state index contributed by atoms with van der Waals surface area (Å²) in [4.78, 5) is 29.1. The Hall–Kier alpha value is -2.14. The van der Waals surface area contributed by atoms with Gasteiger partial charge in [0.25, 0.3) is 11.7 Å². The maximum absolute atomic E-state index is 12.7. The number of Topliss-reactive ketones (excluding diaryl/α,β-unsaturated/α-hetero) is 1. The number of carbonyl (C=O) groups excluding carboxylic acids is 2. The molecule has 1 aliphatic rings. The Morgan fingerprint density at radius 2 is 1.78 bits per heavy atom. The molecule has 2 heterocycles. The van der Waals surface area contributed by atoms with Crippen molar-refractivity contribution >= 4 is 22.6 Å². The Bertz CT molecular complexity index is 740. The number of rotatable bonds is 3. The molecule has 0 radical (unpaired) electrons. The van der Waals surface area contributed by atoms with Gasteiger partial charge in [-0.15, -0.1) is 0 Å². The Morgan fingerprint density at radius 3 is 2.43 bits per heavy atom. The number of aryl methyl sites for hydroxylation is 1. The lowest BCUT2D eigenvalue weighted by Crippen LogP contribution is -2.46. The van der Waals surface area contributed by atoms with Gasteiger partial charge in [0.15, 0.2) is 0 Å². The molecule has 0 bridgehead atoms. The van der Waals surface area contributed by atoms with Crippen LogP contribution in [-0.2, 0) is 11.8 Å². The number of hydrogen-bond donors (Lipinski definition) is 0. The van der Waals surface area contributed by atoms with E-state index in [0.717, 1.165) is 23.7 Å². The van der Waals surface area contributed by atoms with E-state index >= 15 is 0 Å². The number of ketones is 1. The van der Waals surface area contributed by atoms with Crippen LogP contribution >= 0.6 is 0 Å². The van der Waals surface area contributed by atoms with Gasteiger partial charge in [-0.3, -0.25) is 9.59 Å². The number of para-hydroxylation sites is 1. The summed E-state index contributed by atoms with van der Waals surface area (Å²) in [5, 5.41) is 0.844. The van der Waals surface area contributed by atoms with Crippen molar-refractivity contribution in [2.75, 3.05) is 27.2 Å². The van der Waals surface area contributed by atoms with Gasteiger partial charge >= 0.3 is 0 Å². The summed E-state index contributed by atoms with van der Waals surface area (Å²) in [7, 11) is 6.01. The standard InChI is InChI=1S/C18H23N3O2/c1-19(2)13-8-10-21(11-9-13)18(23)17(22)15-12-20(3)16-7-5-4-6-14(15)16/h4-7,12-13H,8-11H2,1-3H3. The minimum Gasteiger partial charge on any atom is -0.350 e. The molecule has 1 saturated heterocycles. The normalized spacial score (nSPS) is 16.3. The molecule has 0 aliphatic carbocycles. The predicted octanol–water partition coefficient (Wildman–Crippen LogP) is 1.91. The largest absolute Gasteiger partial charge is 0.350 e. The Kier molecular flexibility index (Phi) is 4.22. The second kappa shape index (κ2) is 6.16. The van der Waals surface area contributed by atoms with Crippen LogP contribution in [0.15, 0.2) is 30.5 Å². The third-order valence-corrected chi connectivity index (χ3v) is 4.82. The molecular formula is C18H23N3O2. The van der Waals surface area contributed by atoms with Crippen LogP contribution in [0.25, 0.3) is 10.9 Å². The summed E-state index contributed by atoms with van der Waals surface area (Å²) in [5.74, 6) is -0.774. The molecule has 1 aromatic carbocycles. The van der Waals surface area contributed by atoms with Gasteiger partial charge in [0.1, 0.15) is 0 Å². The molecule has 3 rings (SSSR count). The Labute approximate surface area is 136 Å². The highest BCUT2D eigenvalue weighted by molar-refractivity contribution is 6.44. The highest BCUT2D eigenvalue weighted by atomic mass is 16.2. The second-order valence-corrected chi connectivity index (χ2v) is 6.49. The zero-order valence-corrected chi connectivity index (χ0v) is 14.0. The van der Waals surface area contributed by atoms with Crippen molar-refractivity contribution in [1.29, 1.82) is 0 Å². The second-order valence-electron chi connectivity index (χ2n) is 6.49. The molecule has 122 valence electrons. The van der Waals surface area contributed by atoms with Crippen LogP contribution in [0.1, 0.15) is 23.2 Å². The Morgan fingerprint density at radius 1 is 1.13 bits per heavy atom. The van der Waals surface area contributed by atoms with Gasteiger partial charge in [-0.05, 0) is 33.0 Å². The maximum atomic E-state index is 12.7. The van der Waals surface area contributed by atoms with Crippen molar-refractivity contribution in [3.63, 3.8) is 0 Å². The highest BCUT2D eigenvalue weighted by Crippen LogP contribution is 2.22. The van der Waals surface area contributed by atoms with Crippen LogP contribution in [-0.4, -0.2) is 59.3 Å². The number of hydrogen-bond acceptors (Lipinski definition) is 3. The van der Waals surface area contributed by atoms with E-state index in [9.17, 15) is 9.59 Å². The van der Waals surface area contributed by atoms with Crippen LogP contribution < -0.4 is 0 Å². The molecule has 1 aliphatic heterocycles. The van der Waals surface area contributed by atoms with Crippen molar-refractivity contribution in [3.05, 3.63) is 36.0 Å². The zero-order valence-electron chi connectivity index (χ0n) is 14.0. The maximum Gasteiger partial charge on any atom is 0.295 e. The lowest BCUT2D eigenvalue weighted by molar-refractivity contribution is -0.127. The number of fused-ring (bicyclic) bond motifs is 1. The molecule has 1 aromatic heterocycles.